The minimum Gasteiger partial charge on any atom is -0.497 e. The van der Waals surface area contributed by atoms with E-state index in [2.05, 4.69) is 27.2 Å². The fraction of sp³-hybridized carbons (Fsp3) is 0.150. The number of benzene rings is 2. The number of aromatic nitrogens is 4. The highest BCUT2D eigenvalue weighted by Gasteiger charge is 2.11. The van der Waals surface area contributed by atoms with Crippen LogP contribution in [0.25, 0.3) is 16.8 Å². The van der Waals surface area contributed by atoms with E-state index < -0.39 is 0 Å². The normalized spacial score (nSPS) is 10.9. The van der Waals surface area contributed by atoms with Crippen LogP contribution in [0.3, 0.4) is 0 Å². The Morgan fingerprint density at radius 3 is 2.30 bits per heavy atom. The average molecular weight is 362 g/mol. The Bertz CT molecular complexity index is 1070. The lowest BCUT2D eigenvalue weighted by Crippen LogP contribution is -1.94. The molecule has 0 atom stereocenters. The summed E-state index contributed by atoms with van der Waals surface area (Å²) in [5.41, 5.74) is 4.63. The molecule has 4 aromatic rings. The summed E-state index contributed by atoms with van der Waals surface area (Å²) in [5.74, 6) is 1.54. The van der Waals surface area contributed by atoms with Crippen LogP contribution >= 0.6 is 0 Å². The number of hydrogen-bond acceptors (Lipinski definition) is 6. The molecule has 0 spiro atoms. The first-order valence-corrected chi connectivity index (χ1v) is 8.37. The summed E-state index contributed by atoms with van der Waals surface area (Å²) in [7, 11) is 3.29. The molecule has 136 valence electrons. The molecule has 0 bridgehead atoms. The topological polar surface area (TPSA) is 81.8 Å². The molecule has 2 aromatic carbocycles. The summed E-state index contributed by atoms with van der Waals surface area (Å²) < 4.78 is 12.0. The zero-order valence-corrected chi connectivity index (χ0v) is 15.0. The van der Waals surface area contributed by atoms with Crippen molar-refractivity contribution >= 4 is 5.65 Å². The van der Waals surface area contributed by atoms with Crippen molar-refractivity contribution in [2.24, 2.45) is 0 Å². The van der Waals surface area contributed by atoms with Gasteiger partial charge in [0.25, 0.3) is 0 Å². The van der Waals surface area contributed by atoms with Crippen LogP contribution < -0.4 is 9.47 Å². The molecule has 0 unspecified atom stereocenters. The second-order valence-corrected chi connectivity index (χ2v) is 6.06. The van der Waals surface area contributed by atoms with Gasteiger partial charge >= 0.3 is 6.01 Å². The van der Waals surface area contributed by atoms with Crippen molar-refractivity contribution in [1.29, 1.82) is 0 Å². The molecule has 7 heteroatoms. The molecule has 2 aromatic heterocycles. The molecule has 1 N–H and O–H groups in total. The van der Waals surface area contributed by atoms with Gasteiger partial charge in [-0.3, -0.25) is 0 Å². The van der Waals surface area contributed by atoms with Gasteiger partial charge in [-0.15, -0.1) is 0 Å². The number of aromatic hydroxyl groups is 1. The molecule has 27 heavy (non-hydrogen) atoms. The number of ether oxygens (including phenoxy) is 2. The minimum absolute atomic E-state index is 0.185. The van der Waals surface area contributed by atoms with Gasteiger partial charge in [-0.25, -0.2) is 4.98 Å². The average Bonchev–Trinajstić information content (AvgIpc) is 3.14. The highest BCUT2D eigenvalue weighted by molar-refractivity contribution is 5.77. The molecular weight excluding hydrogens is 344 g/mol. The molecule has 7 nitrogen and oxygen atoms in total. The monoisotopic (exact) mass is 362 g/mol. The maximum Gasteiger partial charge on any atom is 0.318 e. The summed E-state index contributed by atoms with van der Waals surface area (Å²) in [6, 6.07) is 13.8. The van der Waals surface area contributed by atoms with Crippen LogP contribution in [0.5, 0.6) is 17.5 Å². The Hall–Kier alpha value is -3.61. The van der Waals surface area contributed by atoms with Gasteiger partial charge in [0.2, 0.25) is 0 Å². The van der Waals surface area contributed by atoms with E-state index in [0.717, 1.165) is 40.2 Å². The highest BCUT2D eigenvalue weighted by atomic mass is 16.5. The first-order chi connectivity index (χ1) is 13.2. The van der Waals surface area contributed by atoms with Crippen LogP contribution in [0.2, 0.25) is 0 Å². The van der Waals surface area contributed by atoms with Gasteiger partial charge in [-0.2, -0.15) is 14.6 Å². The Kier molecular flexibility index (Phi) is 4.33. The number of fused-ring (bicyclic) bond motifs is 1. The van der Waals surface area contributed by atoms with Crippen molar-refractivity contribution in [3.63, 3.8) is 0 Å². The molecule has 0 aliphatic carbocycles. The van der Waals surface area contributed by atoms with Crippen molar-refractivity contribution in [2.75, 3.05) is 14.2 Å². The summed E-state index contributed by atoms with van der Waals surface area (Å²) in [6.45, 7) is 0. The lowest BCUT2D eigenvalue weighted by molar-refractivity contribution is 0.393. The maximum absolute atomic E-state index is 9.75. The smallest absolute Gasteiger partial charge is 0.318 e. The van der Waals surface area contributed by atoms with Crippen LogP contribution in [0, 0.1) is 0 Å². The largest absolute Gasteiger partial charge is 0.497 e. The second kappa shape index (κ2) is 6.95. The van der Waals surface area contributed by atoms with Crippen LogP contribution in [0.1, 0.15) is 11.1 Å². The molecule has 0 saturated heterocycles. The van der Waals surface area contributed by atoms with Crippen LogP contribution in [0.15, 0.2) is 55.0 Å². The Labute approximate surface area is 155 Å². The quantitative estimate of drug-likeness (QED) is 0.587. The van der Waals surface area contributed by atoms with Crippen molar-refractivity contribution in [3.05, 3.63) is 66.1 Å². The molecule has 2 heterocycles. The SMILES string of the molecule is COc1cc(Cc2ccc(-c3cnn4c(O)ncnc34)cc2)cc(OC)c1. The van der Waals surface area contributed by atoms with Crippen LogP contribution in [0.4, 0.5) is 0 Å². The van der Waals surface area contributed by atoms with E-state index in [1.54, 1.807) is 20.4 Å². The number of methoxy groups -OCH3 is 2. The third kappa shape index (κ3) is 3.27. The van der Waals surface area contributed by atoms with Gasteiger partial charge in [0, 0.05) is 11.6 Å². The van der Waals surface area contributed by atoms with Gasteiger partial charge in [0.1, 0.15) is 17.8 Å². The molecule has 4 rings (SSSR count). The van der Waals surface area contributed by atoms with Crippen molar-refractivity contribution < 1.29 is 14.6 Å². The first kappa shape index (κ1) is 16.8. The number of rotatable bonds is 5. The molecule has 0 saturated carbocycles. The molecule has 0 aliphatic rings. The van der Waals surface area contributed by atoms with E-state index in [9.17, 15) is 5.11 Å². The van der Waals surface area contributed by atoms with Gasteiger partial charge in [0.05, 0.1) is 20.4 Å². The molecule has 0 fully saturated rings. The van der Waals surface area contributed by atoms with Crippen molar-refractivity contribution in [2.45, 2.75) is 6.42 Å². The van der Waals surface area contributed by atoms with Gasteiger partial charge < -0.3 is 14.6 Å². The van der Waals surface area contributed by atoms with Crippen LogP contribution in [-0.4, -0.2) is 38.9 Å². The number of nitrogens with zero attached hydrogens (tertiary/aromatic N) is 4. The Morgan fingerprint density at radius 1 is 0.926 bits per heavy atom. The first-order valence-electron chi connectivity index (χ1n) is 8.37. The van der Waals surface area contributed by atoms with Gasteiger partial charge in [-0.1, -0.05) is 24.3 Å². The summed E-state index contributed by atoms with van der Waals surface area (Å²) in [6.07, 6.45) is 3.75. The van der Waals surface area contributed by atoms with E-state index in [-0.39, 0.29) is 6.01 Å². The standard InChI is InChI=1S/C20H18N4O3/c1-26-16-8-14(9-17(10-16)27-2)7-13-3-5-15(6-4-13)18-11-23-24-19(18)21-12-22-20(24)25/h3-6,8-12H,7H2,1-2H3,(H,21,22,25). The van der Waals surface area contributed by atoms with E-state index in [1.165, 1.54) is 10.8 Å². The minimum atomic E-state index is -0.185. The summed E-state index contributed by atoms with van der Waals surface area (Å²) in [4.78, 5) is 7.94. The van der Waals surface area contributed by atoms with Crippen LogP contribution in [-0.2, 0) is 6.42 Å². The van der Waals surface area contributed by atoms with E-state index in [4.69, 9.17) is 9.47 Å². The Morgan fingerprint density at radius 2 is 1.63 bits per heavy atom. The van der Waals surface area contributed by atoms with Gasteiger partial charge in [-0.05, 0) is 35.2 Å². The second-order valence-electron chi connectivity index (χ2n) is 6.06. The highest BCUT2D eigenvalue weighted by Crippen LogP contribution is 2.27. The third-order valence-corrected chi connectivity index (χ3v) is 4.37. The third-order valence-electron chi connectivity index (χ3n) is 4.37. The fourth-order valence-electron chi connectivity index (χ4n) is 3.01. The van der Waals surface area contributed by atoms with E-state index >= 15 is 0 Å². The maximum atomic E-state index is 9.75. The lowest BCUT2D eigenvalue weighted by atomic mass is 10.0. The predicted molar refractivity (Wildman–Crippen MR) is 100 cm³/mol. The zero-order valence-electron chi connectivity index (χ0n) is 15.0. The lowest BCUT2D eigenvalue weighted by Gasteiger charge is -2.09. The predicted octanol–water partition coefficient (Wildman–Crippen LogP) is 3.10. The zero-order chi connectivity index (χ0) is 18.8. The Balaban J connectivity index is 1.62. The molecular formula is C20H18N4O3. The van der Waals surface area contributed by atoms with Gasteiger partial charge in [0.15, 0.2) is 5.65 Å². The number of hydrogen-bond donors (Lipinski definition) is 1. The van der Waals surface area contributed by atoms with E-state index in [0.29, 0.717) is 5.65 Å². The molecule has 0 amide bonds. The molecule has 0 radical (unpaired) electrons. The summed E-state index contributed by atoms with van der Waals surface area (Å²) >= 11 is 0. The van der Waals surface area contributed by atoms with Crippen molar-refractivity contribution in [1.82, 2.24) is 19.6 Å². The molecule has 0 aliphatic heterocycles. The fourth-order valence-corrected chi connectivity index (χ4v) is 3.01. The summed E-state index contributed by atoms with van der Waals surface area (Å²) in [5, 5.41) is 13.9. The van der Waals surface area contributed by atoms with E-state index in [1.807, 2.05) is 30.3 Å². The van der Waals surface area contributed by atoms with Crippen molar-refractivity contribution in [3.8, 4) is 28.6 Å².